The summed E-state index contributed by atoms with van der Waals surface area (Å²) in [6.45, 7) is 3.09. The third-order valence-corrected chi connectivity index (χ3v) is 7.34. The zero-order valence-corrected chi connectivity index (χ0v) is 17.8. The van der Waals surface area contributed by atoms with Gasteiger partial charge in [-0.3, -0.25) is 4.90 Å². The molecule has 8 heteroatoms. The molecule has 0 N–H and O–H groups in total. The maximum Gasteiger partial charge on any atom is 0.188 e. The van der Waals surface area contributed by atoms with Gasteiger partial charge >= 0.3 is 0 Å². The summed E-state index contributed by atoms with van der Waals surface area (Å²) in [5, 5.41) is 2.07. The maximum absolute atomic E-state index is 5.61. The van der Waals surface area contributed by atoms with Crippen LogP contribution in [0, 0.1) is 0 Å². The van der Waals surface area contributed by atoms with Crippen molar-refractivity contribution in [2.24, 2.45) is 0 Å². The normalized spacial score (nSPS) is 15.5. The van der Waals surface area contributed by atoms with Crippen LogP contribution in [0.4, 0.5) is 10.3 Å². The van der Waals surface area contributed by atoms with Crippen molar-refractivity contribution in [2.75, 3.05) is 29.8 Å². The topological polar surface area (TPSA) is 48.6 Å². The molecule has 1 aliphatic heterocycles. The molecule has 1 saturated heterocycles. The zero-order valence-electron chi connectivity index (χ0n) is 16.1. The number of benzene rings is 2. The van der Waals surface area contributed by atoms with Gasteiger partial charge in [0.2, 0.25) is 0 Å². The van der Waals surface area contributed by atoms with Crippen LogP contribution < -0.4 is 9.80 Å². The predicted octanol–water partition coefficient (Wildman–Crippen LogP) is 5.20. The number of fused-ring (bicyclic) bond motifs is 2. The van der Waals surface area contributed by atoms with Gasteiger partial charge in [0.05, 0.1) is 53.2 Å². The van der Waals surface area contributed by atoms with E-state index in [2.05, 4.69) is 51.1 Å². The van der Waals surface area contributed by atoms with Gasteiger partial charge in [-0.25, -0.2) is 9.97 Å². The lowest BCUT2D eigenvalue weighted by Gasteiger charge is -2.41. The van der Waals surface area contributed by atoms with Crippen molar-refractivity contribution >= 4 is 53.4 Å². The van der Waals surface area contributed by atoms with Gasteiger partial charge in [-0.05, 0) is 36.4 Å². The average Bonchev–Trinajstić information content (AvgIpc) is 3.52. The van der Waals surface area contributed by atoms with E-state index in [1.54, 1.807) is 28.9 Å². The van der Waals surface area contributed by atoms with Crippen molar-refractivity contribution in [3.8, 4) is 0 Å². The van der Waals surface area contributed by atoms with Gasteiger partial charge in [0.25, 0.3) is 0 Å². The van der Waals surface area contributed by atoms with Crippen LogP contribution in [0.1, 0.15) is 5.76 Å². The molecule has 6 nitrogen and oxygen atoms in total. The van der Waals surface area contributed by atoms with E-state index in [4.69, 9.17) is 14.4 Å². The van der Waals surface area contributed by atoms with Crippen LogP contribution in [0.3, 0.4) is 0 Å². The van der Waals surface area contributed by atoms with Crippen LogP contribution in [0.15, 0.2) is 71.3 Å². The van der Waals surface area contributed by atoms with Gasteiger partial charge in [0.1, 0.15) is 5.76 Å². The average molecular weight is 434 g/mol. The number of hydrogen-bond acceptors (Lipinski definition) is 8. The SMILES string of the molecule is c1coc(CN2CN(c3nc4ccccc4s3)CN(c3nc4ccccc4s3)C2)c1. The van der Waals surface area contributed by atoms with Crippen molar-refractivity contribution in [2.45, 2.75) is 6.54 Å². The first kappa shape index (κ1) is 17.9. The van der Waals surface area contributed by atoms with E-state index in [0.717, 1.165) is 53.6 Å². The fraction of sp³-hybridized carbons (Fsp3) is 0.182. The van der Waals surface area contributed by atoms with E-state index < -0.39 is 0 Å². The predicted molar refractivity (Wildman–Crippen MR) is 123 cm³/mol. The molecule has 5 aromatic rings. The highest BCUT2D eigenvalue weighted by atomic mass is 32.1. The lowest BCUT2D eigenvalue weighted by Crippen LogP contribution is -2.55. The van der Waals surface area contributed by atoms with Crippen LogP contribution in [0.5, 0.6) is 0 Å². The van der Waals surface area contributed by atoms with Crippen LogP contribution >= 0.6 is 22.7 Å². The molecule has 2 aromatic carbocycles. The third kappa shape index (κ3) is 3.32. The number of thiazole rings is 2. The summed E-state index contributed by atoms with van der Waals surface area (Å²) >= 11 is 3.47. The van der Waals surface area contributed by atoms with Crippen molar-refractivity contribution in [3.05, 3.63) is 72.7 Å². The van der Waals surface area contributed by atoms with Crippen LogP contribution in [0.2, 0.25) is 0 Å². The molecule has 1 fully saturated rings. The number of anilines is 2. The van der Waals surface area contributed by atoms with Gasteiger partial charge in [-0.2, -0.15) is 0 Å². The minimum Gasteiger partial charge on any atom is -0.468 e. The molecule has 4 heterocycles. The highest BCUT2D eigenvalue weighted by Gasteiger charge is 2.28. The van der Waals surface area contributed by atoms with Gasteiger partial charge in [0.15, 0.2) is 10.3 Å². The van der Waals surface area contributed by atoms with Crippen LogP contribution in [-0.2, 0) is 6.54 Å². The molecule has 0 bridgehead atoms. The number of rotatable bonds is 4. The molecule has 0 amide bonds. The van der Waals surface area contributed by atoms with Crippen LogP contribution in [-0.4, -0.2) is 34.9 Å². The van der Waals surface area contributed by atoms with E-state index in [9.17, 15) is 0 Å². The molecule has 0 spiro atoms. The third-order valence-electron chi connectivity index (χ3n) is 5.15. The van der Waals surface area contributed by atoms with Crippen molar-refractivity contribution in [1.29, 1.82) is 0 Å². The number of para-hydroxylation sites is 2. The Hall–Kier alpha value is -2.94. The second-order valence-corrected chi connectivity index (χ2v) is 9.36. The smallest absolute Gasteiger partial charge is 0.188 e. The van der Waals surface area contributed by atoms with Crippen molar-refractivity contribution in [3.63, 3.8) is 0 Å². The Bertz CT molecular complexity index is 1150. The lowest BCUT2D eigenvalue weighted by molar-refractivity contribution is 0.216. The number of nitrogens with zero attached hydrogens (tertiary/aromatic N) is 5. The Balaban J connectivity index is 1.35. The summed E-state index contributed by atoms with van der Waals surface area (Å²) in [4.78, 5) is 16.8. The molecule has 6 rings (SSSR count). The van der Waals surface area contributed by atoms with E-state index in [-0.39, 0.29) is 0 Å². The molecule has 0 unspecified atom stereocenters. The minimum absolute atomic E-state index is 0.746. The zero-order chi connectivity index (χ0) is 19.9. The quantitative estimate of drug-likeness (QED) is 0.388. The Morgan fingerprint density at radius 2 is 1.33 bits per heavy atom. The summed E-state index contributed by atoms with van der Waals surface area (Å²) in [6.07, 6.45) is 1.73. The second-order valence-electron chi connectivity index (χ2n) is 7.34. The summed E-state index contributed by atoms with van der Waals surface area (Å²) in [5.41, 5.74) is 2.10. The minimum atomic E-state index is 0.746. The largest absolute Gasteiger partial charge is 0.468 e. The number of furan rings is 1. The first-order valence-electron chi connectivity index (χ1n) is 9.78. The first-order valence-corrected chi connectivity index (χ1v) is 11.4. The highest BCUT2D eigenvalue weighted by Crippen LogP contribution is 2.34. The monoisotopic (exact) mass is 433 g/mol. The van der Waals surface area contributed by atoms with Crippen LogP contribution in [0.25, 0.3) is 20.4 Å². The second kappa shape index (κ2) is 7.39. The molecule has 150 valence electrons. The molecule has 0 radical (unpaired) electrons. The van der Waals surface area contributed by atoms with Gasteiger partial charge in [-0.15, -0.1) is 0 Å². The fourth-order valence-electron chi connectivity index (χ4n) is 3.78. The van der Waals surface area contributed by atoms with E-state index in [1.165, 1.54) is 9.40 Å². The highest BCUT2D eigenvalue weighted by molar-refractivity contribution is 7.22. The summed E-state index contributed by atoms with van der Waals surface area (Å²) in [7, 11) is 0. The fourth-order valence-corrected chi connectivity index (χ4v) is 5.68. The Morgan fingerprint density at radius 1 is 0.733 bits per heavy atom. The summed E-state index contributed by atoms with van der Waals surface area (Å²) < 4.78 is 8.03. The summed E-state index contributed by atoms with van der Waals surface area (Å²) in [5.74, 6) is 0.963. The summed E-state index contributed by atoms with van der Waals surface area (Å²) in [6, 6.07) is 20.6. The number of aromatic nitrogens is 2. The first-order chi connectivity index (χ1) is 14.8. The molecule has 1 aliphatic rings. The number of hydrogen-bond donors (Lipinski definition) is 0. The molecular weight excluding hydrogens is 414 g/mol. The van der Waals surface area contributed by atoms with Gasteiger partial charge in [-0.1, -0.05) is 46.9 Å². The van der Waals surface area contributed by atoms with Gasteiger partial charge in [0, 0.05) is 0 Å². The maximum atomic E-state index is 5.61. The van der Waals surface area contributed by atoms with E-state index in [0.29, 0.717) is 0 Å². The van der Waals surface area contributed by atoms with E-state index >= 15 is 0 Å². The molecular formula is C22H19N5OS2. The molecule has 3 aromatic heterocycles. The Labute approximate surface area is 181 Å². The standard InChI is InChI=1S/C22H19N5OS2/c1-3-9-19-17(7-1)23-21(29-19)26-13-25(12-16-6-5-11-28-16)14-27(15-26)22-24-18-8-2-4-10-20(18)30-22/h1-11H,12-15H2. The molecule has 0 saturated carbocycles. The van der Waals surface area contributed by atoms with Crippen molar-refractivity contribution in [1.82, 2.24) is 14.9 Å². The Morgan fingerprint density at radius 3 is 1.87 bits per heavy atom. The molecule has 30 heavy (non-hydrogen) atoms. The van der Waals surface area contributed by atoms with Gasteiger partial charge < -0.3 is 14.2 Å². The molecule has 0 aliphatic carbocycles. The van der Waals surface area contributed by atoms with E-state index in [1.807, 2.05) is 24.3 Å². The van der Waals surface area contributed by atoms with Crippen molar-refractivity contribution < 1.29 is 4.42 Å². The molecule has 0 atom stereocenters. The Kier molecular flexibility index (Phi) is 4.40. The lowest BCUT2D eigenvalue weighted by atomic mass is 10.3.